The van der Waals surface area contributed by atoms with Crippen molar-refractivity contribution < 1.29 is 4.79 Å². The molecule has 0 aliphatic heterocycles. The molecular formula is C14H23NO. The number of rotatable bonds is 3. The van der Waals surface area contributed by atoms with Gasteiger partial charge in [-0.05, 0) is 31.1 Å². The van der Waals surface area contributed by atoms with E-state index in [9.17, 15) is 4.79 Å². The Bertz CT molecular complexity index is 261. The van der Waals surface area contributed by atoms with Gasteiger partial charge < -0.3 is 5.32 Å². The Hall–Kier alpha value is -0.790. The first kappa shape index (κ1) is 11.7. The van der Waals surface area contributed by atoms with Crippen LogP contribution in [-0.2, 0) is 4.79 Å². The van der Waals surface area contributed by atoms with E-state index in [-0.39, 0.29) is 11.8 Å². The quantitative estimate of drug-likeness (QED) is 0.729. The second-order valence-corrected chi connectivity index (χ2v) is 5.35. The summed E-state index contributed by atoms with van der Waals surface area (Å²) >= 11 is 0. The molecule has 0 aromatic rings. The number of fused-ring (bicyclic) bond motifs is 1. The first-order valence-corrected chi connectivity index (χ1v) is 6.70. The maximum atomic E-state index is 11.9. The van der Waals surface area contributed by atoms with Crippen LogP contribution in [0.5, 0.6) is 0 Å². The van der Waals surface area contributed by atoms with E-state index in [2.05, 4.69) is 11.9 Å². The van der Waals surface area contributed by atoms with Crippen LogP contribution < -0.4 is 5.32 Å². The molecule has 2 fully saturated rings. The number of hydrogen-bond donors (Lipinski definition) is 1. The topological polar surface area (TPSA) is 29.1 Å². The van der Waals surface area contributed by atoms with Crippen LogP contribution in [-0.4, -0.2) is 12.5 Å². The van der Waals surface area contributed by atoms with Gasteiger partial charge in [-0.3, -0.25) is 4.79 Å². The average molecular weight is 221 g/mol. The van der Waals surface area contributed by atoms with Gasteiger partial charge in [0.2, 0.25) is 5.91 Å². The molecule has 0 radical (unpaired) electrons. The van der Waals surface area contributed by atoms with E-state index in [1.54, 1.807) is 6.08 Å². The van der Waals surface area contributed by atoms with Crippen LogP contribution in [0.25, 0.3) is 0 Å². The number of carbonyl (C=O) groups excluding carboxylic acids is 1. The summed E-state index contributed by atoms with van der Waals surface area (Å²) in [7, 11) is 0. The van der Waals surface area contributed by atoms with Gasteiger partial charge in [0.25, 0.3) is 0 Å². The summed E-state index contributed by atoms with van der Waals surface area (Å²) in [6.45, 7) is 4.24. The third kappa shape index (κ3) is 2.66. The molecule has 0 heterocycles. The Balaban J connectivity index is 1.84. The van der Waals surface area contributed by atoms with E-state index in [1.807, 2.05) is 0 Å². The van der Waals surface area contributed by atoms with Gasteiger partial charge >= 0.3 is 0 Å². The fraction of sp³-hybridized carbons (Fsp3) is 0.786. The number of hydrogen-bond acceptors (Lipinski definition) is 1. The fourth-order valence-electron chi connectivity index (χ4n) is 3.43. The predicted molar refractivity (Wildman–Crippen MR) is 66.0 cm³/mol. The van der Waals surface area contributed by atoms with Crippen LogP contribution in [0.15, 0.2) is 12.7 Å². The van der Waals surface area contributed by atoms with Crippen molar-refractivity contribution in [3.8, 4) is 0 Å². The Morgan fingerprint density at radius 2 is 1.94 bits per heavy atom. The van der Waals surface area contributed by atoms with E-state index in [4.69, 9.17) is 0 Å². The lowest BCUT2D eigenvalue weighted by Gasteiger charge is -2.38. The molecule has 1 N–H and O–H groups in total. The summed E-state index contributed by atoms with van der Waals surface area (Å²) in [6, 6.07) is 0. The first-order valence-electron chi connectivity index (χ1n) is 6.70. The van der Waals surface area contributed by atoms with Gasteiger partial charge in [0.1, 0.15) is 0 Å². The molecule has 0 bridgehead atoms. The second-order valence-electron chi connectivity index (χ2n) is 5.35. The zero-order valence-electron chi connectivity index (χ0n) is 10.1. The van der Waals surface area contributed by atoms with Crippen molar-refractivity contribution in [3.63, 3.8) is 0 Å². The van der Waals surface area contributed by atoms with Gasteiger partial charge in [-0.15, -0.1) is 6.58 Å². The minimum absolute atomic E-state index is 0.254. The van der Waals surface area contributed by atoms with E-state index >= 15 is 0 Å². The highest BCUT2D eigenvalue weighted by atomic mass is 16.1. The van der Waals surface area contributed by atoms with Gasteiger partial charge in [0.05, 0.1) is 0 Å². The minimum Gasteiger partial charge on any atom is -0.352 e. The molecule has 2 aliphatic carbocycles. The SMILES string of the molecule is C=CCNC(=O)C1CCC2CCCCC2C1. The highest BCUT2D eigenvalue weighted by molar-refractivity contribution is 5.78. The largest absolute Gasteiger partial charge is 0.352 e. The Labute approximate surface area is 98.5 Å². The van der Waals surface area contributed by atoms with Crippen molar-refractivity contribution in [1.82, 2.24) is 5.32 Å². The lowest BCUT2D eigenvalue weighted by atomic mass is 9.67. The van der Waals surface area contributed by atoms with Gasteiger partial charge in [-0.2, -0.15) is 0 Å². The van der Waals surface area contributed by atoms with Gasteiger partial charge in [0.15, 0.2) is 0 Å². The van der Waals surface area contributed by atoms with Gasteiger partial charge in [-0.1, -0.05) is 31.8 Å². The molecule has 2 nitrogen and oxygen atoms in total. The predicted octanol–water partition coefficient (Wildman–Crippen LogP) is 2.90. The third-order valence-electron chi connectivity index (χ3n) is 4.33. The van der Waals surface area contributed by atoms with Crippen molar-refractivity contribution in [3.05, 3.63) is 12.7 Å². The molecule has 2 heteroatoms. The standard InChI is InChI=1S/C14H23NO/c1-2-9-15-14(16)13-8-7-11-5-3-4-6-12(11)10-13/h2,11-13H,1,3-10H2,(H,15,16). The Morgan fingerprint density at radius 3 is 2.69 bits per heavy atom. The lowest BCUT2D eigenvalue weighted by Crippen LogP contribution is -2.37. The molecule has 0 aromatic carbocycles. The molecule has 0 aromatic heterocycles. The number of carbonyl (C=O) groups is 1. The van der Waals surface area contributed by atoms with Gasteiger partial charge in [0, 0.05) is 12.5 Å². The van der Waals surface area contributed by atoms with Crippen LogP contribution >= 0.6 is 0 Å². The maximum absolute atomic E-state index is 11.9. The maximum Gasteiger partial charge on any atom is 0.223 e. The molecule has 3 atom stereocenters. The van der Waals surface area contributed by atoms with E-state index in [1.165, 1.54) is 32.1 Å². The molecule has 16 heavy (non-hydrogen) atoms. The van der Waals surface area contributed by atoms with Crippen LogP contribution in [0.4, 0.5) is 0 Å². The van der Waals surface area contributed by atoms with Crippen molar-refractivity contribution in [1.29, 1.82) is 0 Å². The monoisotopic (exact) mass is 221 g/mol. The molecule has 1 amide bonds. The fourth-order valence-corrected chi connectivity index (χ4v) is 3.43. The van der Waals surface area contributed by atoms with E-state index in [0.29, 0.717) is 6.54 Å². The summed E-state index contributed by atoms with van der Waals surface area (Å²) < 4.78 is 0. The molecule has 3 unspecified atom stereocenters. The van der Waals surface area contributed by atoms with Crippen molar-refractivity contribution in [2.24, 2.45) is 17.8 Å². The molecular weight excluding hydrogens is 198 g/mol. The zero-order chi connectivity index (χ0) is 11.4. The molecule has 0 saturated heterocycles. The Kier molecular flexibility index (Phi) is 4.03. The number of nitrogens with one attached hydrogen (secondary N) is 1. The second kappa shape index (κ2) is 5.51. The highest BCUT2D eigenvalue weighted by Crippen LogP contribution is 2.42. The van der Waals surface area contributed by atoms with Gasteiger partial charge in [-0.25, -0.2) is 0 Å². The molecule has 90 valence electrons. The van der Waals surface area contributed by atoms with E-state index in [0.717, 1.165) is 24.7 Å². The molecule has 2 aliphatic rings. The summed E-state index contributed by atoms with van der Waals surface area (Å²) in [5, 5.41) is 2.94. The lowest BCUT2D eigenvalue weighted by molar-refractivity contribution is -0.127. The van der Waals surface area contributed by atoms with E-state index < -0.39 is 0 Å². The van der Waals surface area contributed by atoms with Crippen LogP contribution in [0.1, 0.15) is 44.9 Å². The van der Waals surface area contributed by atoms with Crippen LogP contribution in [0, 0.1) is 17.8 Å². The summed E-state index contributed by atoms with van der Waals surface area (Å²) in [5.74, 6) is 2.29. The van der Waals surface area contributed by atoms with Crippen molar-refractivity contribution in [2.45, 2.75) is 44.9 Å². The highest BCUT2D eigenvalue weighted by Gasteiger charge is 2.34. The summed E-state index contributed by atoms with van der Waals surface area (Å²) in [5.41, 5.74) is 0. The molecule has 2 saturated carbocycles. The average Bonchev–Trinajstić information content (AvgIpc) is 2.35. The smallest absolute Gasteiger partial charge is 0.223 e. The van der Waals surface area contributed by atoms with Crippen molar-refractivity contribution in [2.75, 3.05) is 6.54 Å². The number of amides is 1. The summed E-state index contributed by atoms with van der Waals surface area (Å²) in [6.07, 6.45) is 10.8. The normalized spacial score (nSPS) is 33.9. The molecule has 2 rings (SSSR count). The van der Waals surface area contributed by atoms with Crippen LogP contribution in [0.3, 0.4) is 0 Å². The van der Waals surface area contributed by atoms with Crippen molar-refractivity contribution >= 4 is 5.91 Å². The van der Waals surface area contributed by atoms with Crippen LogP contribution in [0.2, 0.25) is 0 Å². The zero-order valence-corrected chi connectivity index (χ0v) is 10.1. The first-order chi connectivity index (χ1) is 7.81. The molecule has 0 spiro atoms. The summed E-state index contributed by atoms with van der Waals surface area (Å²) in [4.78, 5) is 11.9. The minimum atomic E-state index is 0.254. The third-order valence-corrected chi connectivity index (χ3v) is 4.33. The Morgan fingerprint density at radius 1 is 1.19 bits per heavy atom.